The SMILES string of the molecule is CCOc1ccc(-c2ccc(O)c3c2CC2CC4CC(=O)C(C(N)=O)=C(O)C4(O)C(=O)C2=C3O)cc1CN. The number of amides is 1. The van der Waals surface area contributed by atoms with Gasteiger partial charge in [0.25, 0.3) is 5.91 Å². The van der Waals surface area contributed by atoms with E-state index in [4.69, 9.17) is 16.2 Å². The number of ketones is 2. The summed E-state index contributed by atoms with van der Waals surface area (Å²) in [6.45, 7) is 2.57. The number of phenolic OH excluding ortho intramolecular Hbond substituents is 1. The van der Waals surface area contributed by atoms with Crippen molar-refractivity contribution in [3.63, 3.8) is 0 Å². The zero-order valence-electron chi connectivity index (χ0n) is 20.7. The van der Waals surface area contributed by atoms with Crippen molar-refractivity contribution in [1.82, 2.24) is 0 Å². The standard InChI is InChI=1S/C28H28N2O8/c1-2-38-20-6-3-12(7-14(20)11-29)16-4-5-18(31)22-17(16)9-13-8-15-10-19(32)23(27(30)36)26(35)28(15,37)25(34)21(13)24(22)33/h3-7,13,15,31,33,35,37H,2,8-11,29H2,1H3,(H2,30,36). The largest absolute Gasteiger partial charge is 0.508 e. The van der Waals surface area contributed by atoms with E-state index < -0.39 is 52.0 Å². The molecule has 2 aromatic carbocycles. The van der Waals surface area contributed by atoms with Crippen molar-refractivity contribution in [3.05, 3.63) is 63.9 Å². The van der Waals surface area contributed by atoms with Crippen LogP contribution in [0.15, 0.2) is 47.2 Å². The molecule has 1 amide bonds. The summed E-state index contributed by atoms with van der Waals surface area (Å²) in [7, 11) is 0. The minimum absolute atomic E-state index is 0.0396. The van der Waals surface area contributed by atoms with Crippen molar-refractivity contribution < 1.29 is 39.5 Å². The van der Waals surface area contributed by atoms with E-state index in [2.05, 4.69) is 0 Å². The summed E-state index contributed by atoms with van der Waals surface area (Å²) in [5, 5.41) is 44.0. The molecule has 3 unspecified atom stereocenters. The Labute approximate surface area is 217 Å². The van der Waals surface area contributed by atoms with Gasteiger partial charge in [-0.2, -0.15) is 0 Å². The Bertz CT molecular complexity index is 1470. The summed E-state index contributed by atoms with van der Waals surface area (Å²) in [4.78, 5) is 38.0. The van der Waals surface area contributed by atoms with E-state index in [0.717, 1.165) is 11.1 Å². The van der Waals surface area contributed by atoms with E-state index in [1.807, 2.05) is 19.1 Å². The molecule has 8 N–H and O–H groups in total. The molecule has 38 heavy (non-hydrogen) atoms. The summed E-state index contributed by atoms with van der Waals surface area (Å²) in [5.41, 5.74) is 10.4. The van der Waals surface area contributed by atoms with Gasteiger partial charge in [0.2, 0.25) is 5.78 Å². The maximum atomic E-state index is 13.6. The third-order valence-electron chi connectivity index (χ3n) is 7.84. The highest BCUT2D eigenvalue weighted by atomic mass is 16.5. The van der Waals surface area contributed by atoms with Gasteiger partial charge in [-0.15, -0.1) is 0 Å². The van der Waals surface area contributed by atoms with E-state index in [1.165, 1.54) is 6.07 Å². The fourth-order valence-electron chi connectivity index (χ4n) is 6.09. The van der Waals surface area contributed by atoms with Crippen LogP contribution in [-0.4, -0.2) is 50.1 Å². The molecular formula is C28H28N2O8. The number of rotatable bonds is 5. The Kier molecular flexibility index (Phi) is 6.04. The molecule has 0 aliphatic heterocycles. The second-order valence-corrected chi connectivity index (χ2v) is 9.85. The quantitative estimate of drug-likeness (QED) is 0.320. The van der Waals surface area contributed by atoms with Crippen molar-refractivity contribution in [2.45, 2.75) is 38.3 Å². The summed E-state index contributed by atoms with van der Waals surface area (Å²) in [6.07, 6.45) is -0.0910. The molecule has 1 saturated carbocycles. The average molecular weight is 521 g/mol. The van der Waals surface area contributed by atoms with Crippen LogP contribution in [0.4, 0.5) is 0 Å². The van der Waals surface area contributed by atoms with Crippen LogP contribution in [0.5, 0.6) is 11.5 Å². The van der Waals surface area contributed by atoms with Gasteiger partial charge >= 0.3 is 0 Å². The van der Waals surface area contributed by atoms with E-state index in [-0.39, 0.29) is 42.7 Å². The van der Waals surface area contributed by atoms with E-state index >= 15 is 0 Å². The molecule has 3 aliphatic carbocycles. The normalized spacial score (nSPS) is 24.6. The second kappa shape index (κ2) is 9.00. The molecule has 0 heterocycles. The highest BCUT2D eigenvalue weighted by Crippen LogP contribution is 2.53. The van der Waals surface area contributed by atoms with E-state index in [0.29, 0.717) is 23.5 Å². The molecule has 3 atom stereocenters. The van der Waals surface area contributed by atoms with Gasteiger partial charge in [-0.1, -0.05) is 12.1 Å². The fourth-order valence-corrected chi connectivity index (χ4v) is 6.09. The number of aromatic hydroxyl groups is 1. The van der Waals surface area contributed by atoms with Gasteiger partial charge in [0.05, 0.1) is 12.2 Å². The highest BCUT2D eigenvalue weighted by molar-refractivity contribution is 6.22. The van der Waals surface area contributed by atoms with Crippen molar-refractivity contribution in [2.75, 3.05) is 6.61 Å². The van der Waals surface area contributed by atoms with E-state index in [9.17, 15) is 34.8 Å². The molecule has 198 valence electrons. The molecule has 0 aromatic heterocycles. The van der Waals surface area contributed by atoms with Crippen LogP contribution >= 0.6 is 0 Å². The van der Waals surface area contributed by atoms with Gasteiger partial charge in [-0.3, -0.25) is 14.4 Å². The first kappa shape index (κ1) is 25.5. The molecule has 2 aromatic rings. The Morgan fingerprint density at radius 3 is 2.53 bits per heavy atom. The maximum Gasteiger partial charge on any atom is 0.255 e. The number of fused-ring (bicyclic) bond motifs is 3. The molecule has 0 bridgehead atoms. The molecule has 10 heteroatoms. The lowest BCUT2D eigenvalue weighted by Gasteiger charge is -2.46. The predicted octanol–water partition coefficient (Wildman–Crippen LogP) is 1.95. The number of benzene rings is 2. The third kappa shape index (κ3) is 3.52. The van der Waals surface area contributed by atoms with Crippen molar-refractivity contribution in [2.24, 2.45) is 23.3 Å². The average Bonchev–Trinajstić information content (AvgIpc) is 2.86. The van der Waals surface area contributed by atoms with Crippen molar-refractivity contribution in [3.8, 4) is 22.6 Å². The lowest BCUT2D eigenvalue weighted by atomic mass is 9.59. The van der Waals surface area contributed by atoms with E-state index in [1.54, 1.807) is 12.1 Å². The lowest BCUT2D eigenvalue weighted by molar-refractivity contribution is -0.147. The Morgan fingerprint density at radius 1 is 1.13 bits per heavy atom. The predicted molar refractivity (Wildman–Crippen MR) is 136 cm³/mol. The first-order chi connectivity index (χ1) is 18.0. The number of aliphatic hydroxyl groups is 3. The topological polar surface area (TPSA) is 193 Å². The molecule has 0 spiro atoms. The van der Waals surface area contributed by atoms with Gasteiger partial charge in [0.15, 0.2) is 11.4 Å². The van der Waals surface area contributed by atoms with Gasteiger partial charge in [-0.25, -0.2) is 0 Å². The minimum Gasteiger partial charge on any atom is -0.508 e. The molecular weight excluding hydrogens is 492 g/mol. The number of ether oxygens (including phenoxy) is 1. The van der Waals surface area contributed by atoms with Crippen LogP contribution in [-0.2, 0) is 27.3 Å². The van der Waals surface area contributed by atoms with Crippen molar-refractivity contribution >= 4 is 23.2 Å². The number of primary amides is 1. The smallest absolute Gasteiger partial charge is 0.255 e. The first-order valence-electron chi connectivity index (χ1n) is 12.3. The van der Waals surface area contributed by atoms with Gasteiger partial charge in [-0.05, 0) is 60.6 Å². The number of Topliss-reactive ketones (excluding diaryl/α,β-unsaturated/α-hetero) is 2. The third-order valence-corrected chi connectivity index (χ3v) is 7.84. The summed E-state index contributed by atoms with van der Waals surface area (Å²) in [5.74, 6) is -5.91. The zero-order chi connectivity index (χ0) is 27.5. The number of phenols is 1. The lowest BCUT2D eigenvalue weighted by Crippen LogP contribution is -2.58. The van der Waals surface area contributed by atoms with Gasteiger partial charge < -0.3 is 36.6 Å². The highest BCUT2D eigenvalue weighted by Gasteiger charge is 2.60. The maximum absolute atomic E-state index is 13.6. The van der Waals surface area contributed by atoms with Crippen LogP contribution < -0.4 is 16.2 Å². The molecule has 3 aliphatic rings. The Morgan fingerprint density at radius 2 is 1.87 bits per heavy atom. The number of nitrogens with two attached hydrogens (primary N) is 2. The number of aliphatic hydroxyl groups excluding tert-OH is 2. The number of carbonyl (C=O) groups excluding carboxylic acids is 3. The monoisotopic (exact) mass is 520 g/mol. The van der Waals surface area contributed by atoms with Gasteiger partial charge in [0, 0.05) is 30.0 Å². The van der Waals surface area contributed by atoms with Gasteiger partial charge in [0.1, 0.15) is 28.6 Å². The Balaban J connectivity index is 1.67. The Hall–Kier alpha value is -4.15. The van der Waals surface area contributed by atoms with Crippen LogP contribution in [0.1, 0.15) is 36.5 Å². The molecule has 0 radical (unpaired) electrons. The van der Waals surface area contributed by atoms with Crippen molar-refractivity contribution in [1.29, 1.82) is 0 Å². The minimum atomic E-state index is -2.59. The first-order valence-corrected chi connectivity index (χ1v) is 12.3. The molecule has 10 nitrogen and oxygen atoms in total. The fraction of sp³-hybridized carbons (Fsp3) is 0.321. The summed E-state index contributed by atoms with van der Waals surface area (Å²) in [6, 6.07) is 8.61. The molecule has 5 rings (SSSR count). The van der Waals surface area contributed by atoms with Crippen LogP contribution in [0.25, 0.3) is 16.9 Å². The summed E-state index contributed by atoms with van der Waals surface area (Å²) < 4.78 is 5.64. The number of hydrogen-bond donors (Lipinski definition) is 6. The van der Waals surface area contributed by atoms with Crippen LogP contribution in [0, 0.1) is 11.8 Å². The summed E-state index contributed by atoms with van der Waals surface area (Å²) >= 11 is 0. The second-order valence-electron chi connectivity index (χ2n) is 9.85. The number of carbonyl (C=O) groups is 3. The zero-order valence-corrected chi connectivity index (χ0v) is 20.7. The van der Waals surface area contributed by atoms with Crippen LogP contribution in [0.3, 0.4) is 0 Å². The molecule has 0 saturated heterocycles. The molecule has 1 fully saturated rings. The number of hydrogen-bond acceptors (Lipinski definition) is 9. The van der Waals surface area contributed by atoms with Crippen LogP contribution in [0.2, 0.25) is 0 Å².